The molecule has 0 unspecified atom stereocenters. The van der Waals surface area contributed by atoms with Crippen LogP contribution in [0.15, 0.2) is 30.5 Å². The number of alkyl halides is 3. The van der Waals surface area contributed by atoms with Crippen molar-refractivity contribution in [3.05, 3.63) is 53.1 Å². The van der Waals surface area contributed by atoms with E-state index in [-0.39, 0.29) is 18.7 Å². The van der Waals surface area contributed by atoms with Crippen molar-refractivity contribution in [2.45, 2.75) is 26.2 Å². The van der Waals surface area contributed by atoms with Crippen LogP contribution >= 0.6 is 0 Å². The smallest absolute Gasteiger partial charge is 0.313 e. The third kappa shape index (κ3) is 3.81. The monoisotopic (exact) mass is 301 g/mol. The normalized spacial score (nSPS) is 11.9. The van der Waals surface area contributed by atoms with Crippen molar-refractivity contribution < 1.29 is 17.6 Å². The molecule has 2 aromatic rings. The van der Waals surface area contributed by atoms with E-state index in [4.69, 9.17) is 0 Å². The van der Waals surface area contributed by atoms with E-state index >= 15 is 0 Å². The average molecular weight is 301 g/mol. The van der Waals surface area contributed by atoms with Crippen molar-refractivity contribution in [3.8, 4) is 0 Å². The Morgan fingerprint density at radius 1 is 1.19 bits per heavy atom. The minimum Gasteiger partial charge on any atom is -0.313 e. The molecule has 21 heavy (non-hydrogen) atoms. The number of hydrogen-bond acceptors (Lipinski definition) is 2. The van der Waals surface area contributed by atoms with Crippen molar-refractivity contribution in [2.24, 2.45) is 0 Å². The van der Waals surface area contributed by atoms with Gasteiger partial charge in [-0.1, -0.05) is 19.1 Å². The van der Waals surface area contributed by atoms with Crippen molar-refractivity contribution in [1.29, 1.82) is 0 Å². The van der Waals surface area contributed by atoms with E-state index in [0.717, 1.165) is 4.68 Å². The highest BCUT2D eigenvalue weighted by Crippen LogP contribution is 2.32. The number of nitrogens with zero attached hydrogens (tertiary/aromatic N) is 2. The molecule has 0 aliphatic carbocycles. The summed E-state index contributed by atoms with van der Waals surface area (Å²) in [7, 11) is 0. The number of aromatic nitrogens is 2. The van der Waals surface area contributed by atoms with Crippen LogP contribution < -0.4 is 5.32 Å². The van der Waals surface area contributed by atoms with Gasteiger partial charge in [0.2, 0.25) is 0 Å². The largest absolute Gasteiger partial charge is 0.433 e. The molecule has 1 aromatic carbocycles. The van der Waals surface area contributed by atoms with Crippen LogP contribution in [0.2, 0.25) is 0 Å². The summed E-state index contributed by atoms with van der Waals surface area (Å²) in [5.41, 5.74) is -0.112. The fourth-order valence-corrected chi connectivity index (χ4v) is 2.02. The zero-order valence-corrected chi connectivity index (χ0v) is 11.4. The Morgan fingerprint density at radius 3 is 2.43 bits per heavy atom. The molecule has 0 radical (unpaired) electrons. The maximum Gasteiger partial charge on any atom is 0.433 e. The van der Waals surface area contributed by atoms with Gasteiger partial charge in [-0.05, 0) is 24.2 Å². The summed E-state index contributed by atoms with van der Waals surface area (Å²) in [6.45, 7) is 2.44. The minimum absolute atomic E-state index is 0.0543. The van der Waals surface area contributed by atoms with Crippen molar-refractivity contribution in [3.63, 3.8) is 0 Å². The molecule has 0 aliphatic heterocycles. The van der Waals surface area contributed by atoms with Gasteiger partial charge in [0.25, 0.3) is 0 Å². The Bertz CT molecular complexity index is 587. The summed E-state index contributed by atoms with van der Waals surface area (Å²) < 4.78 is 53.3. The SMILES string of the molecule is CCNCc1cnn(Cc2ccc(F)cc2)c1C(F)(F)F. The summed E-state index contributed by atoms with van der Waals surface area (Å²) in [5, 5.41) is 6.67. The van der Waals surface area contributed by atoms with Crippen LogP contribution in [-0.2, 0) is 19.3 Å². The summed E-state index contributed by atoms with van der Waals surface area (Å²) in [6.07, 6.45) is -3.27. The van der Waals surface area contributed by atoms with Gasteiger partial charge in [-0.2, -0.15) is 18.3 Å². The van der Waals surface area contributed by atoms with Crippen molar-refractivity contribution in [1.82, 2.24) is 15.1 Å². The molecular weight excluding hydrogens is 286 g/mol. The fraction of sp³-hybridized carbons (Fsp3) is 0.357. The van der Waals surface area contributed by atoms with Crippen molar-refractivity contribution in [2.75, 3.05) is 6.54 Å². The average Bonchev–Trinajstić information content (AvgIpc) is 2.82. The number of nitrogens with one attached hydrogen (secondary N) is 1. The lowest BCUT2D eigenvalue weighted by atomic mass is 10.2. The molecular formula is C14H15F4N3. The first kappa shape index (κ1) is 15.5. The first-order chi connectivity index (χ1) is 9.91. The van der Waals surface area contributed by atoms with Crippen molar-refractivity contribution >= 4 is 0 Å². The zero-order chi connectivity index (χ0) is 15.5. The molecule has 0 atom stereocenters. The number of benzene rings is 1. The quantitative estimate of drug-likeness (QED) is 0.860. The van der Waals surface area contributed by atoms with Gasteiger partial charge in [0.15, 0.2) is 0 Å². The van der Waals surface area contributed by atoms with Gasteiger partial charge in [0, 0.05) is 12.1 Å². The molecule has 0 saturated carbocycles. The Kier molecular flexibility index (Phi) is 4.62. The van der Waals surface area contributed by atoms with Crippen LogP contribution in [0.1, 0.15) is 23.7 Å². The highest BCUT2D eigenvalue weighted by Gasteiger charge is 2.37. The first-order valence-corrected chi connectivity index (χ1v) is 6.49. The second-order valence-electron chi connectivity index (χ2n) is 4.58. The highest BCUT2D eigenvalue weighted by molar-refractivity contribution is 5.23. The lowest BCUT2D eigenvalue weighted by Gasteiger charge is -2.13. The van der Waals surface area contributed by atoms with E-state index < -0.39 is 17.7 Å². The van der Waals surface area contributed by atoms with E-state index in [1.807, 2.05) is 6.92 Å². The molecule has 1 aromatic heterocycles. The lowest BCUT2D eigenvalue weighted by Crippen LogP contribution is -2.20. The van der Waals surface area contributed by atoms with Crippen LogP contribution in [0.4, 0.5) is 17.6 Å². The summed E-state index contributed by atoms with van der Waals surface area (Å²) in [5.74, 6) is -0.428. The second-order valence-corrected chi connectivity index (χ2v) is 4.58. The Labute approximate surface area is 119 Å². The molecule has 1 heterocycles. The molecule has 0 aliphatic rings. The van der Waals surface area contributed by atoms with Gasteiger partial charge in [0.05, 0.1) is 12.7 Å². The fourth-order valence-electron chi connectivity index (χ4n) is 2.02. The minimum atomic E-state index is -4.48. The van der Waals surface area contributed by atoms with Gasteiger partial charge < -0.3 is 5.32 Å². The molecule has 1 N–H and O–H groups in total. The van der Waals surface area contributed by atoms with Gasteiger partial charge in [-0.15, -0.1) is 0 Å². The van der Waals surface area contributed by atoms with Gasteiger partial charge in [0.1, 0.15) is 11.5 Å². The number of rotatable bonds is 5. The lowest BCUT2D eigenvalue weighted by molar-refractivity contribution is -0.144. The van der Waals surface area contributed by atoms with Crippen LogP contribution in [-0.4, -0.2) is 16.3 Å². The molecule has 0 spiro atoms. The standard InChI is InChI=1S/C14H15F4N3/c1-2-19-7-11-8-20-21(13(11)14(16,17)18)9-10-3-5-12(15)6-4-10/h3-6,8,19H,2,7,9H2,1H3. The summed E-state index contributed by atoms with van der Waals surface area (Å²) in [4.78, 5) is 0. The third-order valence-electron chi connectivity index (χ3n) is 2.99. The van der Waals surface area contributed by atoms with Gasteiger partial charge in [-0.25, -0.2) is 4.39 Å². The third-order valence-corrected chi connectivity index (χ3v) is 2.99. The van der Waals surface area contributed by atoms with E-state index in [0.29, 0.717) is 12.1 Å². The maximum absolute atomic E-state index is 13.2. The number of halogens is 4. The van der Waals surface area contributed by atoms with Gasteiger partial charge in [-0.3, -0.25) is 4.68 Å². The van der Waals surface area contributed by atoms with E-state index in [9.17, 15) is 17.6 Å². The molecule has 114 valence electrons. The van der Waals surface area contributed by atoms with E-state index in [1.165, 1.54) is 30.5 Å². The molecule has 0 amide bonds. The summed E-state index contributed by atoms with van der Waals surface area (Å²) in [6, 6.07) is 5.32. The maximum atomic E-state index is 13.2. The zero-order valence-electron chi connectivity index (χ0n) is 11.4. The Morgan fingerprint density at radius 2 is 1.86 bits per heavy atom. The Hall–Kier alpha value is -1.89. The topological polar surface area (TPSA) is 29.9 Å². The molecule has 0 fully saturated rings. The van der Waals surface area contributed by atoms with Crippen LogP contribution in [0.3, 0.4) is 0 Å². The van der Waals surface area contributed by atoms with Gasteiger partial charge >= 0.3 is 6.18 Å². The van der Waals surface area contributed by atoms with E-state index in [2.05, 4.69) is 10.4 Å². The first-order valence-electron chi connectivity index (χ1n) is 6.49. The molecule has 7 heteroatoms. The van der Waals surface area contributed by atoms with Crippen LogP contribution in [0, 0.1) is 5.82 Å². The van der Waals surface area contributed by atoms with Crippen LogP contribution in [0.25, 0.3) is 0 Å². The number of hydrogen-bond donors (Lipinski definition) is 1. The van der Waals surface area contributed by atoms with Crippen LogP contribution in [0.5, 0.6) is 0 Å². The molecule has 0 saturated heterocycles. The molecule has 2 rings (SSSR count). The molecule has 3 nitrogen and oxygen atoms in total. The predicted molar refractivity (Wildman–Crippen MR) is 70.1 cm³/mol. The van der Waals surface area contributed by atoms with E-state index in [1.54, 1.807) is 0 Å². The molecule has 0 bridgehead atoms. The Balaban J connectivity index is 2.30. The second kappa shape index (κ2) is 6.26. The predicted octanol–water partition coefficient (Wildman–Crippen LogP) is 3.20. The summed E-state index contributed by atoms with van der Waals surface area (Å²) >= 11 is 0. The highest BCUT2D eigenvalue weighted by atomic mass is 19.4.